The maximum Gasteiger partial charge on any atom is 0.350 e. The molecule has 1 aliphatic carbocycles. The minimum Gasteiger partial charge on any atom is -0.369 e. The van der Waals surface area contributed by atoms with E-state index in [1.54, 1.807) is 29.1 Å². The first kappa shape index (κ1) is 32.7. The number of ketones is 2. The van der Waals surface area contributed by atoms with Gasteiger partial charge in [-0.3, -0.25) is 18.9 Å². The number of hydrogen-bond acceptors (Lipinski definition) is 8. The fourth-order valence-corrected chi connectivity index (χ4v) is 6.86. The van der Waals surface area contributed by atoms with Crippen LogP contribution in [0.3, 0.4) is 0 Å². The lowest BCUT2D eigenvalue weighted by Crippen LogP contribution is -2.47. The molecule has 47 heavy (non-hydrogen) atoms. The van der Waals surface area contributed by atoms with E-state index in [9.17, 15) is 14.4 Å². The molecule has 0 N–H and O–H groups in total. The number of hydrogen-bond donors (Lipinski definition) is 0. The van der Waals surface area contributed by atoms with Crippen molar-refractivity contribution < 1.29 is 9.59 Å². The van der Waals surface area contributed by atoms with Crippen molar-refractivity contribution in [1.29, 1.82) is 0 Å². The molecule has 3 fully saturated rings. The van der Waals surface area contributed by atoms with Crippen molar-refractivity contribution in [2.45, 2.75) is 45.7 Å². The molecule has 3 aliphatic rings. The molecule has 7 rings (SSSR count). The molecule has 0 bridgehead atoms. The monoisotopic (exact) mass is 637 g/mol. The summed E-state index contributed by atoms with van der Waals surface area (Å²) in [5.74, 6) is 0.917. The Hall–Kier alpha value is -4.28. The number of carbonyl (C=O) groups is 2. The number of rotatable bonds is 9. The minimum atomic E-state index is -0.0495. The molecular weight excluding hydrogens is 590 g/mol. The Kier molecular flexibility index (Phi) is 10.2. The number of benzene rings is 2. The van der Waals surface area contributed by atoms with Gasteiger partial charge in [-0.2, -0.15) is 0 Å². The lowest BCUT2D eigenvalue weighted by atomic mass is 10.1. The Morgan fingerprint density at radius 2 is 1.32 bits per heavy atom. The largest absolute Gasteiger partial charge is 0.369 e. The van der Waals surface area contributed by atoms with Crippen LogP contribution in [-0.2, 0) is 29.0 Å². The average molecular weight is 638 g/mol. The van der Waals surface area contributed by atoms with Gasteiger partial charge in [-0.1, -0.05) is 30.3 Å². The lowest BCUT2D eigenvalue weighted by molar-refractivity contribution is -0.117. The van der Waals surface area contributed by atoms with Gasteiger partial charge in [0, 0.05) is 88.8 Å². The van der Waals surface area contributed by atoms with E-state index in [2.05, 4.69) is 56.0 Å². The van der Waals surface area contributed by atoms with Crippen LogP contribution in [0.15, 0.2) is 77.7 Å². The molecule has 4 heterocycles. The van der Waals surface area contributed by atoms with Crippen LogP contribution in [0.2, 0.25) is 0 Å². The van der Waals surface area contributed by atoms with Crippen molar-refractivity contribution in [2.24, 2.45) is 5.92 Å². The maximum atomic E-state index is 12.5. The number of carbonyl (C=O) groups excluding carboxylic acids is 2. The summed E-state index contributed by atoms with van der Waals surface area (Å²) >= 11 is 0. The standard InChI is InChI=1S/C23H27N5O2.C14H20N2O/c1-17(29)13-18-5-4-6-20(14-18)25-9-11-26(12-10-25)21-15-19(21)16-28-23(30)27-8-3-2-7-22(27)24-28;1-12(17)10-13-4-3-5-14(11-13)16-8-6-15(2)7-9-16/h2-8,14,19,21H,9-13,15-16H2,1H3;3-5,11H,6-10H2,1-2H3. The highest BCUT2D eigenvalue weighted by Gasteiger charge is 2.43. The quantitative estimate of drug-likeness (QED) is 0.276. The van der Waals surface area contributed by atoms with Crippen LogP contribution < -0.4 is 15.5 Å². The van der Waals surface area contributed by atoms with Gasteiger partial charge in [0.15, 0.2) is 5.65 Å². The topological polar surface area (TPSA) is 86.4 Å². The molecule has 2 atom stereocenters. The Bertz CT molecular complexity index is 1750. The predicted octanol–water partition coefficient (Wildman–Crippen LogP) is 3.41. The third-order valence-corrected chi connectivity index (χ3v) is 9.53. The van der Waals surface area contributed by atoms with E-state index in [4.69, 9.17) is 0 Å². The molecule has 2 unspecified atom stereocenters. The van der Waals surface area contributed by atoms with Crippen LogP contribution in [0.5, 0.6) is 0 Å². The van der Waals surface area contributed by atoms with Gasteiger partial charge < -0.3 is 14.7 Å². The van der Waals surface area contributed by atoms with Crippen molar-refractivity contribution in [1.82, 2.24) is 24.0 Å². The summed E-state index contributed by atoms with van der Waals surface area (Å²) < 4.78 is 3.23. The van der Waals surface area contributed by atoms with E-state index in [-0.39, 0.29) is 17.3 Å². The third kappa shape index (κ3) is 8.36. The van der Waals surface area contributed by atoms with E-state index in [0.717, 1.165) is 69.9 Å². The zero-order valence-corrected chi connectivity index (χ0v) is 27.9. The predicted molar refractivity (Wildman–Crippen MR) is 186 cm³/mol. The second-order valence-corrected chi connectivity index (χ2v) is 13.4. The summed E-state index contributed by atoms with van der Waals surface area (Å²) in [5, 5.41) is 4.47. The van der Waals surface area contributed by atoms with Crippen LogP contribution in [0.4, 0.5) is 11.4 Å². The van der Waals surface area contributed by atoms with Crippen molar-refractivity contribution in [2.75, 3.05) is 69.2 Å². The number of anilines is 2. The molecule has 0 spiro atoms. The minimum absolute atomic E-state index is 0.0495. The van der Waals surface area contributed by atoms with Gasteiger partial charge in [-0.15, -0.1) is 5.10 Å². The van der Waals surface area contributed by atoms with Gasteiger partial charge in [-0.25, -0.2) is 9.48 Å². The molecule has 2 aromatic carbocycles. The molecule has 2 aromatic heterocycles. The van der Waals surface area contributed by atoms with Gasteiger partial charge in [0.25, 0.3) is 0 Å². The highest BCUT2D eigenvalue weighted by molar-refractivity contribution is 5.79. The van der Waals surface area contributed by atoms with Crippen molar-refractivity contribution in [3.05, 3.63) is 94.5 Å². The van der Waals surface area contributed by atoms with Gasteiger partial charge in [0.1, 0.15) is 11.6 Å². The van der Waals surface area contributed by atoms with Crippen LogP contribution in [-0.4, -0.2) is 101 Å². The summed E-state index contributed by atoms with van der Waals surface area (Å²) in [6, 6.07) is 22.9. The second-order valence-electron chi connectivity index (χ2n) is 13.4. The summed E-state index contributed by atoms with van der Waals surface area (Å²) in [5.41, 5.74) is 5.32. The van der Waals surface area contributed by atoms with Crippen LogP contribution >= 0.6 is 0 Å². The number of nitrogens with zero attached hydrogens (tertiary/aromatic N) is 7. The SMILES string of the molecule is CC(=O)Cc1cccc(N2CCN(C)CC2)c1.CC(=O)Cc1cccc(N2CCN(C3CC3Cn3nc4ccccn4c3=O)CC2)c1. The first-order chi connectivity index (χ1) is 22.7. The van der Waals surface area contributed by atoms with E-state index < -0.39 is 0 Å². The summed E-state index contributed by atoms with van der Waals surface area (Å²) in [7, 11) is 2.16. The van der Waals surface area contributed by atoms with Gasteiger partial charge in [-0.05, 0) is 80.8 Å². The van der Waals surface area contributed by atoms with Crippen LogP contribution in [0.1, 0.15) is 31.4 Å². The van der Waals surface area contributed by atoms with E-state index in [0.29, 0.717) is 37.0 Å². The van der Waals surface area contributed by atoms with E-state index in [1.807, 2.05) is 42.5 Å². The second kappa shape index (κ2) is 14.6. The van der Waals surface area contributed by atoms with Crippen molar-refractivity contribution >= 4 is 28.6 Å². The fourth-order valence-electron chi connectivity index (χ4n) is 6.86. The normalized spacial score (nSPS) is 20.1. The highest BCUT2D eigenvalue weighted by atomic mass is 16.2. The van der Waals surface area contributed by atoms with Crippen LogP contribution in [0.25, 0.3) is 5.65 Å². The molecule has 1 saturated carbocycles. The first-order valence-corrected chi connectivity index (χ1v) is 16.9. The Balaban J connectivity index is 0.000000193. The third-order valence-electron chi connectivity index (χ3n) is 9.53. The van der Waals surface area contributed by atoms with Gasteiger partial charge in [0.2, 0.25) is 0 Å². The summed E-state index contributed by atoms with van der Waals surface area (Å²) in [4.78, 5) is 44.7. The lowest BCUT2D eigenvalue weighted by Gasteiger charge is -2.36. The molecule has 10 nitrogen and oxygen atoms in total. The molecule has 0 amide bonds. The first-order valence-electron chi connectivity index (χ1n) is 16.9. The highest BCUT2D eigenvalue weighted by Crippen LogP contribution is 2.37. The van der Waals surface area contributed by atoms with Crippen molar-refractivity contribution in [3.63, 3.8) is 0 Å². The molecule has 2 saturated heterocycles. The molecule has 2 aliphatic heterocycles. The van der Waals surface area contributed by atoms with E-state index in [1.165, 1.54) is 11.4 Å². The number of likely N-dealkylation sites (N-methyl/N-ethyl adjacent to an activating group) is 1. The smallest absolute Gasteiger partial charge is 0.350 e. The van der Waals surface area contributed by atoms with Crippen LogP contribution in [0, 0.1) is 5.92 Å². The fraction of sp³-hybridized carbons (Fsp3) is 0.459. The Labute approximate surface area is 277 Å². The molecule has 248 valence electrons. The van der Waals surface area contributed by atoms with Crippen molar-refractivity contribution in [3.8, 4) is 0 Å². The Morgan fingerprint density at radius 1 is 0.745 bits per heavy atom. The number of fused-ring (bicyclic) bond motifs is 1. The number of pyridine rings is 1. The zero-order valence-electron chi connectivity index (χ0n) is 27.9. The van der Waals surface area contributed by atoms with Gasteiger partial charge in [0.05, 0.1) is 6.54 Å². The number of piperazine rings is 2. The number of Topliss-reactive ketones (excluding diaryl/α,β-unsaturated/α-hetero) is 2. The Morgan fingerprint density at radius 3 is 1.87 bits per heavy atom. The number of aromatic nitrogens is 3. The molecule has 0 radical (unpaired) electrons. The summed E-state index contributed by atoms with van der Waals surface area (Å²) in [6.07, 6.45) is 3.95. The maximum absolute atomic E-state index is 12.5. The summed E-state index contributed by atoms with van der Waals surface area (Å²) in [6.45, 7) is 12.4. The molecule has 10 heteroatoms. The van der Waals surface area contributed by atoms with E-state index >= 15 is 0 Å². The molecular formula is C37H47N7O3. The molecule has 4 aromatic rings. The zero-order chi connectivity index (χ0) is 32.9. The average Bonchev–Trinajstić information content (AvgIpc) is 3.76. The van der Waals surface area contributed by atoms with Gasteiger partial charge >= 0.3 is 5.69 Å².